The lowest BCUT2D eigenvalue weighted by Crippen LogP contribution is -2.24. The minimum atomic E-state index is 0.0503. The van der Waals surface area contributed by atoms with E-state index in [9.17, 15) is 0 Å². The molecule has 1 aromatic heterocycles. The third-order valence-corrected chi connectivity index (χ3v) is 3.15. The Bertz CT molecular complexity index is 531. The van der Waals surface area contributed by atoms with E-state index in [-0.39, 0.29) is 12.1 Å². The lowest BCUT2D eigenvalue weighted by molar-refractivity contribution is 0.472. The van der Waals surface area contributed by atoms with Crippen LogP contribution in [0.25, 0.3) is 0 Å². The van der Waals surface area contributed by atoms with Crippen LogP contribution < -0.4 is 5.32 Å². The lowest BCUT2D eigenvalue weighted by atomic mass is 10.0. The highest BCUT2D eigenvalue weighted by Gasteiger charge is 2.14. The predicted molar refractivity (Wildman–Crippen MR) is 75.2 cm³/mol. The Labute approximate surface area is 113 Å². The summed E-state index contributed by atoms with van der Waals surface area (Å²) in [5.74, 6) is 0. The van der Waals surface area contributed by atoms with Crippen molar-refractivity contribution in [2.75, 3.05) is 0 Å². The van der Waals surface area contributed by atoms with Crippen molar-refractivity contribution in [2.45, 2.75) is 25.4 Å². The molecule has 2 rings (SSSR count). The molecule has 2 atom stereocenters. The highest BCUT2D eigenvalue weighted by atomic mass is 14.9. The Kier molecular flexibility index (Phi) is 4.66. The molecule has 0 saturated heterocycles. The number of pyridine rings is 1. The van der Waals surface area contributed by atoms with Gasteiger partial charge in [-0.2, -0.15) is 5.26 Å². The number of benzene rings is 1. The van der Waals surface area contributed by atoms with Gasteiger partial charge in [0, 0.05) is 24.5 Å². The van der Waals surface area contributed by atoms with Gasteiger partial charge in [-0.3, -0.25) is 4.98 Å². The molecule has 3 nitrogen and oxygen atoms in total. The number of hydrogen-bond acceptors (Lipinski definition) is 3. The minimum absolute atomic E-state index is 0.0503. The maximum atomic E-state index is 8.98. The zero-order valence-electron chi connectivity index (χ0n) is 11.0. The lowest BCUT2D eigenvalue weighted by Gasteiger charge is -2.22. The highest BCUT2D eigenvalue weighted by molar-refractivity contribution is 5.21. The van der Waals surface area contributed by atoms with Crippen LogP contribution in [0, 0.1) is 11.3 Å². The first-order valence-electron chi connectivity index (χ1n) is 6.39. The Morgan fingerprint density at radius 2 is 1.79 bits per heavy atom. The molecule has 19 heavy (non-hydrogen) atoms. The fourth-order valence-electron chi connectivity index (χ4n) is 2.10. The molecule has 0 bridgehead atoms. The van der Waals surface area contributed by atoms with Crippen LogP contribution in [-0.4, -0.2) is 4.98 Å². The Morgan fingerprint density at radius 3 is 2.42 bits per heavy atom. The summed E-state index contributed by atoms with van der Waals surface area (Å²) in [5, 5.41) is 12.5. The molecule has 96 valence electrons. The summed E-state index contributed by atoms with van der Waals surface area (Å²) in [4.78, 5) is 4.02. The van der Waals surface area contributed by atoms with Crippen molar-refractivity contribution < 1.29 is 0 Å². The SMILES string of the molecule is C[C@@H](NC(CC#N)c1ccccc1)c1ccncc1. The molecule has 0 fully saturated rings. The molecule has 0 aliphatic rings. The standard InChI is InChI=1S/C16H17N3/c1-13(14-8-11-18-12-9-14)19-16(7-10-17)15-5-3-2-4-6-15/h2-6,8-9,11-13,16,19H,7H2,1H3/t13-,16?/m1/s1. The molecule has 0 spiro atoms. The molecule has 0 saturated carbocycles. The van der Waals surface area contributed by atoms with Crippen molar-refractivity contribution >= 4 is 0 Å². The first-order valence-corrected chi connectivity index (χ1v) is 6.39. The average Bonchev–Trinajstić information content (AvgIpc) is 2.48. The molecule has 3 heteroatoms. The number of hydrogen-bond donors (Lipinski definition) is 1. The van der Waals surface area contributed by atoms with E-state index < -0.39 is 0 Å². The molecule has 1 aromatic carbocycles. The molecule has 1 heterocycles. The zero-order chi connectivity index (χ0) is 13.5. The van der Waals surface area contributed by atoms with Crippen LogP contribution in [0.15, 0.2) is 54.9 Å². The van der Waals surface area contributed by atoms with Gasteiger partial charge in [0.2, 0.25) is 0 Å². The highest BCUT2D eigenvalue weighted by Crippen LogP contribution is 2.21. The van der Waals surface area contributed by atoms with Gasteiger partial charge in [-0.1, -0.05) is 30.3 Å². The smallest absolute Gasteiger partial charge is 0.0641 e. The van der Waals surface area contributed by atoms with Crippen molar-refractivity contribution in [1.82, 2.24) is 10.3 Å². The van der Waals surface area contributed by atoms with Gasteiger partial charge in [0.15, 0.2) is 0 Å². The van der Waals surface area contributed by atoms with Gasteiger partial charge in [0.1, 0.15) is 0 Å². The van der Waals surface area contributed by atoms with E-state index in [0.717, 1.165) is 5.56 Å². The number of aromatic nitrogens is 1. The van der Waals surface area contributed by atoms with Crippen molar-refractivity contribution in [1.29, 1.82) is 5.26 Å². The normalized spacial score (nSPS) is 13.5. The monoisotopic (exact) mass is 251 g/mol. The maximum absolute atomic E-state index is 8.98. The molecular formula is C16H17N3. The molecule has 0 aliphatic heterocycles. The van der Waals surface area contributed by atoms with E-state index in [2.05, 4.69) is 23.3 Å². The molecule has 1 N–H and O–H groups in total. The van der Waals surface area contributed by atoms with Crippen LogP contribution in [0.4, 0.5) is 0 Å². The van der Waals surface area contributed by atoms with Gasteiger partial charge in [-0.25, -0.2) is 0 Å². The largest absolute Gasteiger partial charge is 0.302 e. The first kappa shape index (κ1) is 13.3. The molecule has 0 amide bonds. The maximum Gasteiger partial charge on any atom is 0.0641 e. The molecule has 2 aromatic rings. The van der Waals surface area contributed by atoms with Gasteiger partial charge in [-0.15, -0.1) is 0 Å². The van der Waals surface area contributed by atoms with E-state index in [1.807, 2.05) is 42.5 Å². The van der Waals surface area contributed by atoms with E-state index in [1.165, 1.54) is 5.56 Å². The summed E-state index contributed by atoms with van der Waals surface area (Å²) in [6.07, 6.45) is 4.03. The van der Waals surface area contributed by atoms with Gasteiger partial charge in [-0.05, 0) is 30.2 Å². The van der Waals surface area contributed by atoms with Crippen molar-refractivity contribution in [2.24, 2.45) is 0 Å². The van der Waals surface area contributed by atoms with Gasteiger partial charge < -0.3 is 5.32 Å². The fourth-order valence-corrected chi connectivity index (χ4v) is 2.10. The summed E-state index contributed by atoms with van der Waals surface area (Å²) in [6.45, 7) is 2.10. The predicted octanol–water partition coefficient (Wildman–Crippen LogP) is 3.39. The van der Waals surface area contributed by atoms with Crippen molar-refractivity contribution in [3.05, 3.63) is 66.0 Å². The second-order valence-electron chi connectivity index (χ2n) is 4.49. The number of rotatable bonds is 5. The molecule has 0 aliphatic carbocycles. The van der Waals surface area contributed by atoms with Crippen LogP contribution in [0.1, 0.15) is 36.6 Å². The average molecular weight is 251 g/mol. The second kappa shape index (κ2) is 6.67. The summed E-state index contributed by atoms with van der Waals surface area (Å²) < 4.78 is 0. The summed E-state index contributed by atoms with van der Waals surface area (Å²) >= 11 is 0. The van der Waals surface area contributed by atoms with Crippen LogP contribution in [0.3, 0.4) is 0 Å². The third-order valence-electron chi connectivity index (χ3n) is 3.15. The van der Waals surface area contributed by atoms with Crippen LogP contribution in [0.2, 0.25) is 0 Å². The van der Waals surface area contributed by atoms with Gasteiger partial charge >= 0.3 is 0 Å². The molecular weight excluding hydrogens is 234 g/mol. The summed E-state index contributed by atoms with van der Waals surface area (Å²) in [7, 11) is 0. The third kappa shape index (κ3) is 3.64. The van der Waals surface area contributed by atoms with Crippen LogP contribution in [0.5, 0.6) is 0 Å². The Balaban J connectivity index is 2.12. The van der Waals surface area contributed by atoms with Crippen LogP contribution in [-0.2, 0) is 0 Å². The van der Waals surface area contributed by atoms with E-state index in [4.69, 9.17) is 5.26 Å². The summed E-state index contributed by atoms with van der Waals surface area (Å²) in [5.41, 5.74) is 2.32. The number of nitrogens with one attached hydrogen (secondary N) is 1. The van der Waals surface area contributed by atoms with Crippen molar-refractivity contribution in [3.8, 4) is 6.07 Å². The Hall–Kier alpha value is -2.18. The van der Waals surface area contributed by atoms with E-state index >= 15 is 0 Å². The van der Waals surface area contributed by atoms with Crippen LogP contribution >= 0.6 is 0 Å². The van der Waals surface area contributed by atoms with Crippen molar-refractivity contribution in [3.63, 3.8) is 0 Å². The van der Waals surface area contributed by atoms with E-state index in [0.29, 0.717) is 6.42 Å². The topological polar surface area (TPSA) is 48.7 Å². The molecule has 1 unspecified atom stereocenters. The second-order valence-corrected chi connectivity index (χ2v) is 4.49. The number of nitrogens with zero attached hydrogens (tertiary/aromatic N) is 2. The molecule has 0 radical (unpaired) electrons. The fraction of sp³-hybridized carbons (Fsp3) is 0.250. The minimum Gasteiger partial charge on any atom is -0.302 e. The first-order chi connectivity index (χ1) is 9.31. The van der Waals surface area contributed by atoms with Gasteiger partial charge in [0.25, 0.3) is 0 Å². The van der Waals surface area contributed by atoms with E-state index in [1.54, 1.807) is 12.4 Å². The van der Waals surface area contributed by atoms with Gasteiger partial charge in [0.05, 0.1) is 12.5 Å². The Morgan fingerprint density at radius 1 is 1.11 bits per heavy atom. The summed E-state index contributed by atoms with van der Waals surface area (Å²) in [6, 6.07) is 16.5. The number of nitriles is 1. The quantitative estimate of drug-likeness (QED) is 0.886. The zero-order valence-corrected chi connectivity index (χ0v) is 11.0.